The van der Waals surface area contributed by atoms with Crippen LogP contribution in [-0.4, -0.2) is 23.7 Å². The van der Waals surface area contributed by atoms with Crippen molar-refractivity contribution in [2.45, 2.75) is 59.7 Å². The van der Waals surface area contributed by atoms with E-state index < -0.39 is 0 Å². The number of hydrogen-bond acceptors (Lipinski definition) is 5. The molecule has 1 aliphatic carbocycles. The summed E-state index contributed by atoms with van der Waals surface area (Å²) in [5, 5.41) is 0. The molecule has 0 radical (unpaired) electrons. The zero-order valence-electron chi connectivity index (χ0n) is 17.8. The number of para-hydroxylation sites is 1. The van der Waals surface area contributed by atoms with Crippen LogP contribution in [0.5, 0.6) is 11.6 Å². The summed E-state index contributed by atoms with van der Waals surface area (Å²) in [5.74, 6) is 0.769. The number of hydrogen-bond donors (Lipinski definition) is 0. The number of nitrogens with zero attached hydrogens (tertiary/aromatic N) is 1. The van der Waals surface area contributed by atoms with E-state index in [0.717, 1.165) is 30.6 Å². The number of carbonyl (C=O) groups is 1. The smallest absolute Gasteiger partial charge is 0.312 e. The van der Waals surface area contributed by atoms with Gasteiger partial charge >= 0.3 is 5.97 Å². The number of esters is 1. The van der Waals surface area contributed by atoms with Crippen LogP contribution in [0.15, 0.2) is 42.5 Å². The highest BCUT2D eigenvalue weighted by molar-refractivity contribution is 5.78. The van der Waals surface area contributed by atoms with Crippen LogP contribution in [-0.2, 0) is 20.9 Å². The minimum Gasteiger partial charge on any atom is -0.459 e. The first-order valence-electron chi connectivity index (χ1n) is 10.4. The Hall–Kier alpha value is -2.40. The fraction of sp³-hybridized carbons (Fsp3) is 0.500. The van der Waals surface area contributed by atoms with Crippen molar-refractivity contribution in [1.29, 1.82) is 0 Å². The Bertz CT molecular complexity index is 819. The summed E-state index contributed by atoms with van der Waals surface area (Å²) in [4.78, 5) is 17.1. The van der Waals surface area contributed by atoms with Crippen molar-refractivity contribution in [1.82, 2.24) is 4.98 Å². The molecule has 1 aromatic heterocycles. The van der Waals surface area contributed by atoms with Crippen LogP contribution in [0.3, 0.4) is 0 Å². The molecule has 1 fully saturated rings. The summed E-state index contributed by atoms with van der Waals surface area (Å²) in [6.45, 7) is 9.06. The van der Waals surface area contributed by atoms with Gasteiger partial charge in [-0.05, 0) is 31.0 Å². The van der Waals surface area contributed by atoms with Crippen LogP contribution in [0.1, 0.15) is 51.3 Å². The van der Waals surface area contributed by atoms with E-state index in [-0.39, 0.29) is 30.0 Å². The molecule has 1 aliphatic rings. The van der Waals surface area contributed by atoms with E-state index in [2.05, 4.69) is 25.8 Å². The molecule has 0 N–H and O–H groups in total. The molecule has 0 bridgehead atoms. The van der Waals surface area contributed by atoms with Gasteiger partial charge in [0.1, 0.15) is 12.4 Å². The molecular weight excluding hydrogens is 366 g/mol. The second kappa shape index (κ2) is 9.40. The van der Waals surface area contributed by atoms with E-state index >= 15 is 0 Å². The molecular formula is C24H31NO4. The van der Waals surface area contributed by atoms with E-state index in [0.29, 0.717) is 18.2 Å². The molecule has 2 unspecified atom stereocenters. The number of carbonyl (C=O) groups excluding carboxylic acids is 1. The van der Waals surface area contributed by atoms with Crippen LogP contribution in [0.2, 0.25) is 0 Å². The molecule has 2 aromatic rings. The maximum Gasteiger partial charge on any atom is 0.312 e. The van der Waals surface area contributed by atoms with Crippen molar-refractivity contribution >= 4 is 5.97 Å². The van der Waals surface area contributed by atoms with Crippen LogP contribution in [0, 0.1) is 18.3 Å². The predicted octanol–water partition coefficient (Wildman–Crippen LogP) is 5.46. The highest BCUT2D eigenvalue weighted by Crippen LogP contribution is 2.54. The molecule has 156 valence electrons. The lowest BCUT2D eigenvalue weighted by Gasteiger charge is -2.10. The zero-order valence-corrected chi connectivity index (χ0v) is 17.8. The molecule has 5 heteroatoms. The molecule has 0 spiro atoms. The number of aromatic nitrogens is 1. The number of unbranched alkanes of at least 4 members (excludes halogenated alkanes) is 2. The third-order valence-corrected chi connectivity index (χ3v) is 5.52. The number of rotatable bonds is 10. The Balaban J connectivity index is 1.55. The molecule has 1 heterocycles. The molecule has 0 aliphatic heterocycles. The first-order chi connectivity index (χ1) is 13.9. The van der Waals surface area contributed by atoms with Gasteiger partial charge < -0.3 is 14.2 Å². The van der Waals surface area contributed by atoms with Gasteiger partial charge in [-0.3, -0.25) is 4.79 Å². The van der Waals surface area contributed by atoms with E-state index in [9.17, 15) is 4.79 Å². The first kappa shape index (κ1) is 21.3. The van der Waals surface area contributed by atoms with Crippen molar-refractivity contribution < 1.29 is 19.0 Å². The van der Waals surface area contributed by atoms with Crippen LogP contribution >= 0.6 is 0 Å². The largest absolute Gasteiger partial charge is 0.459 e. The summed E-state index contributed by atoms with van der Waals surface area (Å²) in [6, 6.07) is 13.2. The fourth-order valence-electron chi connectivity index (χ4n) is 3.48. The molecule has 1 saturated carbocycles. The van der Waals surface area contributed by atoms with E-state index in [1.807, 2.05) is 49.4 Å². The average molecular weight is 398 g/mol. The Morgan fingerprint density at radius 2 is 1.86 bits per heavy atom. The number of aryl methyl sites for hydroxylation is 1. The van der Waals surface area contributed by atoms with E-state index in [1.165, 1.54) is 0 Å². The topological polar surface area (TPSA) is 57.7 Å². The van der Waals surface area contributed by atoms with Gasteiger partial charge in [-0.25, -0.2) is 4.98 Å². The van der Waals surface area contributed by atoms with Gasteiger partial charge in [-0.15, -0.1) is 0 Å². The predicted molar refractivity (Wildman–Crippen MR) is 112 cm³/mol. The molecule has 0 saturated heterocycles. The quantitative estimate of drug-likeness (QED) is 0.394. The monoisotopic (exact) mass is 397 g/mol. The average Bonchev–Trinajstić information content (AvgIpc) is 3.26. The highest BCUT2D eigenvalue weighted by atomic mass is 16.5. The molecule has 3 rings (SSSR count). The van der Waals surface area contributed by atoms with Gasteiger partial charge in [0, 0.05) is 18.1 Å². The van der Waals surface area contributed by atoms with Gasteiger partial charge in [0.15, 0.2) is 0 Å². The minimum absolute atomic E-state index is 0.0614. The third-order valence-electron chi connectivity index (χ3n) is 5.52. The van der Waals surface area contributed by atoms with Gasteiger partial charge in [-0.1, -0.05) is 57.9 Å². The molecule has 2 atom stereocenters. The second-order valence-electron chi connectivity index (χ2n) is 8.23. The normalized spacial score (nSPS) is 19.6. The van der Waals surface area contributed by atoms with Crippen LogP contribution in [0.4, 0.5) is 0 Å². The SMILES string of the molecule is CCCCCOC1C(C(=O)OCc2nc(Oc3ccccc3)ccc2C)C1(C)C. The lowest BCUT2D eigenvalue weighted by atomic mass is 10.1. The Morgan fingerprint density at radius 1 is 1.10 bits per heavy atom. The molecule has 29 heavy (non-hydrogen) atoms. The third kappa shape index (κ3) is 5.36. The maximum atomic E-state index is 12.6. The van der Waals surface area contributed by atoms with Crippen molar-refractivity contribution in [3.05, 3.63) is 53.7 Å². The maximum absolute atomic E-state index is 12.6. The summed E-state index contributed by atoms with van der Waals surface area (Å²) in [5.41, 5.74) is 1.48. The zero-order chi connectivity index (χ0) is 20.9. The summed E-state index contributed by atoms with van der Waals surface area (Å²) in [7, 11) is 0. The van der Waals surface area contributed by atoms with Gasteiger partial charge in [-0.2, -0.15) is 0 Å². The van der Waals surface area contributed by atoms with Crippen LogP contribution in [0.25, 0.3) is 0 Å². The number of ether oxygens (including phenoxy) is 3. The van der Waals surface area contributed by atoms with Crippen LogP contribution < -0.4 is 4.74 Å². The summed E-state index contributed by atoms with van der Waals surface area (Å²) < 4.78 is 17.3. The van der Waals surface area contributed by atoms with Gasteiger partial charge in [0.2, 0.25) is 5.88 Å². The lowest BCUT2D eigenvalue weighted by molar-refractivity contribution is -0.148. The van der Waals surface area contributed by atoms with Gasteiger partial charge in [0.05, 0.1) is 17.7 Å². The Labute approximate surface area is 173 Å². The standard InChI is InChI=1S/C24H31NO4/c1-5-6-10-15-27-22-21(24(22,3)4)23(26)28-16-19-17(2)13-14-20(25-19)29-18-11-8-7-9-12-18/h7-9,11-14,21-22H,5-6,10,15-16H2,1-4H3. The molecule has 0 amide bonds. The van der Waals surface area contributed by atoms with Crippen molar-refractivity contribution in [3.8, 4) is 11.6 Å². The van der Waals surface area contributed by atoms with Crippen molar-refractivity contribution in [2.75, 3.05) is 6.61 Å². The summed E-state index contributed by atoms with van der Waals surface area (Å²) in [6.07, 6.45) is 3.27. The highest BCUT2D eigenvalue weighted by Gasteiger charge is 2.64. The van der Waals surface area contributed by atoms with E-state index in [4.69, 9.17) is 14.2 Å². The number of pyridine rings is 1. The van der Waals surface area contributed by atoms with Gasteiger partial charge in [0.25, 0.3) is 0 Å². The second-order valence-corrected chi connectivity index (χ2v) is 8.23. The van der Waals surface area contributed by atoms with Crippen molar-refractivity contribution in [3.63, 3.8) is 0 Å². The minimum atomic E-state index is -0.217. The molecule has 1 aromatic carbocycles. The lowest BCUT2D eigenvalue weighted by Crippen LogP contribution is -2.13. The Kier molecular flexibility index (Phi) is 6.91. The van der Waals surface area contributed by atoms with E-state index in [1.54, 1.807) is 0 Å². The summed E-state index contributed by atoms with van der Waals surface area (Å²) >= 11 is 0. The Morgan fingerprint density at radius 3 is 2.59 bits per heavy atom. The number of benzene rings is 1. The fourth-order valence-corrected chi connectivity index (χ4v) is 3.48. The first-order valence-corrected chi connectivity index (χ1v) is 10.4. The molecule has 5 nitrogen and oxygen atoms in total. The van der Waals surface area contributed by atoms with Crippen molar-refractivity contribution in [2.24, 2.45) is 11.3 Å².